The van der Waals surface area contributed by atoms with E-state index < -0.39 is 41.9 Å². The fourth-order valence-electron chi connectivity index (χ4n) is 3.31. The number of rotatable bonds is 5. The summed E-state index contributed by atoms with van der Waals surface area (Å²) in [5.41, 5.74) is 6.81. The second-order valence-corrected chi connectivity index (χ2v) is 7.69. The predicted octanol–water partition coefficient (Wildman–Crippen LogP) is 1.52. The standard InChI is InChI=1S/C22H23N5O5/c1-12-7-8-16(9-13(12)2)24-20(31)25-17(28)11-27-19(30)22(3,26-21(27)32)15-6-4-5-14(10-15)18(23)29/h4-10H,11H2,1-3H3,(H2,23,29)(H,26,32)(H2,24,25,28,31). The zero-order valence-corrected chi connectivity index (χ0v) is 17.8. The number of benzene rings is 2. The number of hydrogen-bond donors (Lipinski definition) is 4. The van der Waals surface area contributed by atoms with E-state index in [-0.39, 0.29) is 5.56 Å². The van der Waals surface area contributed by atoms with Gasteiger partial charge in [0.15, 0.2) is 0 Å². The Morgan fingerprint density at radius 1 is 1.06 bits per heavy atom. The maximum atomic E-state index is 12.9. The summed E-state index contributed by atoms with van der Waals surface area (Å²) in [6.45, 7) is 4.61. The van der Waals surface area contributed by atoms with Crippen LogP contribution in [0, 0.1) is 13.8 Å². The molecule has 2 aromatic carbocycles. The molecule has 166 valence electrons. The maximum absolute atomic E-state index is 12.9. The lowest BCUT2D eigenvalue weighted by atomic mass is 9.90. The van der Waals surface area contributed by atoms with Crippen molar-refractivity contribution in [2.75, 3.05) is 11.9 Å². The predicted molar refractivity (Wildman–Crippen MR) is 116 cm³/mol. The molecule has 2 aromatic rings. The Kier molecular flexibility index (Phi) is 5.97. The summed E-state index contributed by atoms with van der Waals surface area (Å²) in [4.78, 5) is 61.9. The lowest BCUT2D eigenvalue weighted by molar-refractivity contribution is -0.134. The fourth-order valence-corrected chi connectivity index (χ4v) is 3.31. The van der Waals surface area contributed by atoms with Crippen molar-refractivity contribution in [3.63, 3.8) is 0 Å². The summed E-state index contributed by atoms with van der Waals surface area (Å²) >= 11 is 0. The fraction of sp³-hybridized carbons (Fsp3) is 0.227. The number of nitrogens with zero attached hydrogens (tertiary/aromatic N) is 1. The summed E-state index contributed by atoms with van der Waals surface area (Å²) in [6, 6.07) is 9.66. The molecule has 10 heteroatoms. The molecule has 0 saturated carbocycles. The monoisotopic (exact) mass is 437 g/mol. The second-order valence-electron chi connectivity index (χ2n) is 7.69. The van der Waals surface area contributed by atoms with Gasteiger partial charge in [0.2, 0.25) is 11.8 Å². The van der Waals surface area contributed by atoms with E-state index in [1.807, 2.05) is 19.9 Å². The van der Waals surface area contributed by atoms with Crippen molar-refractivity contribution >= 4 is 35.5 Å². The maximum Gasteiger partial charge on any atom is 0.325 e. The largest absolute Gasteiger partial charge is 0.366 e. The molecule has 1 aliphatic heterocycles. The number of carbonyl (C=O) groups is 5. The molecule has 1 saturated heterocycles. The number of nitrogens with one attached hydrogen (secondary N) is 3. The van der Waals surface area contributed by atoms with E-state index in [2.05, 4.69) is 16.0 Å². The van der Waals surface area contributed by atoms with Gasteiger partial charge in [0.05, 0.1) is 0 Å². The van der Waals surface area contributed by atoms with Crippen LogP contribution in [0.2, 0.25) is 0 Å². The number of anilines is 1. The minimum atomic E-state index is -1.50. The average Bonchev–Trinajstić information content (AvgIpc) is 2.94. The lowest BCUT2D eigenvalue weighted by Gasteiger charge is -2.22. The molecule has 0 bridgehead atoms. The van der Waals surface area contributed by atoms with Crippen LogP contribution in [0.25, 0.3) is 0 Å². The van der Waals surface area contributed by atoms with E-state index in [1.54, 1.807) is 18.2 Å². The zero-order valence-electron chi connectivity index (χ0n) is 17.8. The summed E-state index contributed by atoms with van der Waals surface area (Å²) in [7, 11) is 0. The Labute approximate surface area is 184 Å². The van der Waals surface area contributed by atoms with Crippen molar-refractivity contribution in [1.29, 1.82) is 0 Å². The zero-order chi connectivity index (χ0) is 23.6. The van der Waals surface area contributed by atoms with Crippen LogP contribution in [0.4, 0.5) is 15.3 Å². The molecule has 32 heavy (non-hydrogen) atoms. The molecule has 0 spiro atoms. The molecule has 1 unspecified atom stereocenters. The highest BCUT2D eigenvalue weighted by atomic mass is 16.2. The van der Waals surface area contributed by atoms with Gasteiger partial charge in [-0.3, -0.25) is 24.6 Å². The first kappa shape index (κ1) is 22.5. The van der Waals surface area contributed by atoms with E-state index in [1.165, 1.54) is 25.1 Å². The van der Waals surface area contributed by atoms with Gasteiger partial charge in [-0.2, -0.15) is 0 Å². The molecule has 1 atom stereocenters. The van der Waals surface area contributed by atoms with E-state index in [9.17, 15) is 24.0 Å². The molecule has 3 rings (SSSR count). The number of aryl methyl sites for hydroxylation is 2. The van der Waals surface area contributed by atoms with Gasteiger partial charge in [-0.25, -0.2) is 9.59 Å². The number of hydrogen-bond acceptors (Lipinski definition) is 5. The highest BCUT2D eigenvalue weighted by molar-refractivity contribution is 6.11. The van der Waals surface area contributed by atoms with Crippen LogP contribution in [0.1, 0.15) is 34.0 Å². The molecule has 1 heterocycles. The number of carbonyl (C=O) groups excluding carboxylic acids is 5. The molecule has 1 fully saturated rings. The highest BCUT2D eigenvalue weighted by Crippen LogP contribution is 2.29. The summed E-state index contributed by atoms with van der Waals surface area (Å²) in [5.74, 6) is -2.22. The molecule has 0 aliphatic carbocycles. The van der Waals surface area contributed by atoms with Gasteiger partial charge in [-0.1, -0.05) is 18.2 Å². The van der Waals surface area contributed by atoms with Gasteiger partial charge in [0.25, 0.3) is 5.91 Å². The van der Waals surface area contributed by atoms with Crippen LogP contribution < -0.4 is 21.7 Å². The number of primary amides is 1. The van der Waals surface area contributed by atoms with Crippen molar-refractivity contribution in [2.45, 2.75) is 26.3 Å². The van der Waals surface area contributed by atoms with Crippen LogP contribution in [0.15, 0.2) is 42.5 Å². The van der Waals surface area contributed by atoms with E-state index in [0.29, 0.717) is 16.2 Å². The van der Waals surface area contributed by atoms with Crippen molar-refractivity contribution in [3.05, 3.63) is 64.7 Å². The van der Waals surface area contributed by atoms with Gasteiger partial charge < -0.3 is 16.4 Å². The Bertz CT molecular complexity index is 1150. The van der Waals surface area contributed by atoms with Crippen molar-refractivity contribution in [1.82, 2.24) is 15.5 Å². The average molecular weight is 437 g/mol. The third kappa shape index (κ3) is 4.43. The summed E-state index contributed by atoms with van der Waals surface area (Å²) < 4.78 is 0. The Morgan fingerprint density at radius 2 is 1.78 bits per heavy atom. The van der Waals surface area contributed by atoms with Gasteiger partial charge >= 0.3 is 12.1 Å². The molecule has 0 radical (unpaired) electrons. The smallest absolute Gasteiger partial charge is 0.325 e. The SMILES string of the molecule is Cc1ccc(NC(=O)NC(=O)CN2C(=O)NC(C)(c3cccc(C(N)=O)c3)C2=O)cc1C. The molecule has 10 nitrogen and oxygen atoms in total. The van der Waals surface area contributed by atoms with E-state index in [0.717, 1.165) is 11.1 Å². The quantitative estimate of drug-likeness (QED) is 0.523. The second kappa shape index (κ2) is 8.50. The van der Waals surface area contributed by atoms with Crippen molar-refractivity contribution < 1.29 is 24.0 Å². The Hall–Kier alpha value is -4.21. The normalized spacial score (nSPS) is 17.7. The number of amides is 7. The van der Waals surface area contributed by atoms with Crippen molar-refractivity contribution in [3.8, 4) is 0 Å². The van der Waals surface area contributed by atoms with Crippen LogP contribution in [-0.2, 0) is 15.1 Å². The van der Waals surface area contributed by atoms with Gasteiger partial charge in [-0.15, -0.1) is 0 Å². The van der Waals surface area contributed by atoms with Gasteiger partial charge in [0.1, 0.15) is 12.1 Å². The minimum absolute atomic E-state index is 0.171. The third-order valence-electron chi connectivity index (χ3n) is 5.32. The molecule has 5 N–H and O–H groups in total. The summed E-state index contributed by atoms with van der Waals surface area (Å²) in [6.07, 6.45) is 0. The topological polar surface area (TPSA) is 151 Å². The number of imide groups is 2. The van der Waals surface area contributed by atoms with Gasteiger partial charge in [0, 0.05) is 11.3 Å². The van der Waals surface area contributed by atoms with E-state index in [4.69, 9.17) is 5.73 Å². The van der Waals surface area contributed by atoms with Crippen LogP contribution in [0.5, 0.6) is 0 Å². The highest BCUT2D eigenvalue weighted by Gasteiger charge is 2.49. The van der Waals surface area contributed by atoms with Crippen LogP contribution in [-0.4, -0.2) is 41.2 Å². The molecule has 7 amide bonds. The van der Waals surface area contributed by atoms with E-state index >= 15 is 0 Å². The first-order valence-corrected chi connectivity index (χ1v) is 9.74. The molecular weight excluding hydrogens is 414 g/mol. The third-order valence-corrected chi connectivity index (χ3v) is 5.32. The van der Waals surface area contributed by atoms with Crippen molar-refractivity contribution in [2.24, 2.45) is 5.73 Å². The Morgan fingerprint density at radius 3 is 2.44 bits per heavy atom. The van der Waals surface area contributed by atoms with Crippen LogP contribution >= 0.6 is 0 Å². The molecule has 0 aromatic heterocycles. The molecule has 1 aliphatic rings. The first-order valence-electron chi connectivity index (χ1n) is 9.74. The Balaban J connectivity index is 1.67. The number of urea groups is 2. The molecular formula is C22H23N5O5. The van der Waals surface area contributed by atoms with Crippen LogP contribution in [0.3, 0.4) is 0 Å². The van der Waals surface area contributed by atoms with Gasteiger partial charge in [-0.05, 0) is 61.7 Å². The first-order chi connectivity index (χ1) is 15.0. The minimum Gasteiger partial charge on any atom is -0.366 e. The number of nitrogens with two attached hydrogens (primary N) is 1. The summed E-state index contributed by atoms with van der Waals surface area (Å²) in [5, 5.41) is 7.15. The lowest BCUT2D eigenvalue weighted by Crippen LogP contribution is -2.45.